The molecule has 1 N–H and O–H groups in total. The monoisotopic (exact) mass is 219 g/mol. The second-order valence-electron chi connectivity index (χ2n) is 5.31. The molecule has 0 saturated heterocycles. The predicted molar refractivity (Wildman–Crippen MR) is 67.2 cm³/mol. The molecule has 0 spiro atoms. The molecule has 1 aromatic rings. The lowest BCUT2D eigenvalue weighted by Gasteiger charge is -2.31. The lowest BCUT2D eigenvalue weighted by Crippen LogP contribution is -2.44. The highest BCUT2D eigenvalue weighted by Gasteiger charge is 2.25. The number of hydrogen-bond acceptors (Lipinski definition) is 1. The molecule has 0 fully saturated rings. The van der Waals surface area contributed by atoms with E-state index in [1.807, 2.05) is 18.2 Å². The zero-order chi connectivity index (χ0) is 12.2. The molecule has 2 heteroatoms. The minimum Gasteiger partial charge on any atom is -0.353 e. The zero-order valence-electron chi connectivity index (χ0n) is 10.6. The Morgan fingerprint density at radius 2 is 1.81 bits per heavy atom. The molecule has 0 unspecified atom stereocenters. The third-order valence-corrected chi connectivity index (χ3v) is 2.71. The van der Waals surface area contributed by atoms with Crippen LogP contribution in [-0.2, 0) is 11.2 Å². The fourth-order valence-electron chi connectivity index (χ4n) is 1.67. The van der Waals surface area contributed by atoms with Gasteiger partial charge in [-0.2, -0.15) is 0 Å². The summed E-state index contributed by atoms with van der Waals surface area (Å²) in [6.07, 6.45) is 0.879. The van der Waals surface area contributed by atoms with E-state index in [9.17, 15) is 4.79 Å². The summed E-state index contributed by atoms with van der Waals surface area (Å²) in [5.74, 6) is 0.0378. The first-order valence-electron chi connectivity index (χ1n) is 5.70. The summed E-state index contributed by atoms with van der Waals surface area (Å²) in [6, 6.07) is 10.4. The van der Waals surface area contributed by atoms with E-state index in [4.69, 9.17) is 0 Å². The van der Waals surface area contributed by atoms with E-state index in [-0.39, 0.29) is 17.4 Å². The van der Waals surface area contributed by atoms with Crippen molar-refractivity contribution in [2.24, 2.45) is 5.41 Å². The lowest BCUT2D eigenvalue weighted by molar-refractivity contribution is -0.120. The lowest BCUT2D eigenvalue weighted by atomic mass is 9.83. The molecule has 0 radical (unpaired) electrons. The van der Waals surface area contributed by atoms with Crippen LogP contribution in [0.3, 0.4) is 0 Å². The number of nitrogens with one attached hydrogen (secondary N) is 1. The van der Waals surface area contributed by atoms with Gasteiger partial charge in [-0.25, -0.2) is 0 Å². The first kappa shape index (κ1) is 12.8. The predicted octanol–water partition coefficient (Wildman–Crippen LogP) is 2.78. The number of amides is 1. The number of rotatable bonds is 3. The molecule has 0 aliphatic rings. The van der Waals surface area contributed by atoms with E-state index < -0.39 is 0 Å². The molecule has 0 bridgehead atoms. The Hall–Kier alpha value is -1.31. The van der Waals surface area contributed by atoms with E-state index >= 15 is 0 Å². The first-order valence-corrected chi connectivity index (χ1v) is 5.70. The van der Waals surface area contributed by atoms with Gasteiger partial charge in [-0.1, -0.05) is 51.1 Å². The van der Waals surface area contributed by atoms with E-state index in [1.54, 1.807) is 6.92 Å². The van der Waals surface area contributed by atoms with Crippen LogP contribution in [0.2, 0.25) is 0 Å². The second-order valence-corrected chi connectivity index (χ2v) is 5.31. The van der Waals surface area contributed by atoms with Crippen LogP contribution in [0.1, 0.15) is 33.3 Å². The molecular weight excluding hydrogens is 198 g/mol. The molecule has 0 saturated carbocycles. The van der Waals surface area contributed by atoms with E-state index in [0.717, 1.165) is 6.42 Å². The molecule has 1 atom stereocenters. The molecule has 16 heavy (non-hydrogen) atoms. The van der Waals surface area contributed by atoms with Gasteiger partial charge < -0.3 is 5.32 Å². The third kappa shape index (κ3) is 4.05. The van der Waals surface area contributed by atoms with Crippen molar-refractivity contribution in [3.05, 3.63) is 35.9 Å². The maximum absolute atomic E-state index is 11.2. The van der Waals surface area contributed by atoms with Crippen LogP contribution in [-0.4, -0.2) is 11.9 Å². The van der Waals surface area contributed by atoms with E-state index in [0.29, 0.717) is 0 Å². The average molecular weight is 219 g/mol. The molecule has 2 nitrogen and oxygen atoms in total. The maximum atomic E-state index is 11.2. The minimum atomic E-state index is 0.0378. The van der Waals surface area contributed by atoms with Crippen molar-refractivity contribution in [2.75, 3.05) is 0 Å². The SMILES string of the molecule is CC(=O)N[C@@H](Cc1ccccc1)C(C)(C)C. The molecular formula is C14H21NO. The highest BCUT2D eigenvalue weighted by molar-refractivity contribution is 5.73. The highest BCUT2D eigenvalue weighted by Crippen LogP contribution is 2.22. The van der Waals surface area contributed by atoms with Crippen LogP contribution in [0.15, 0.2) is 30.3 Å². The molecule has 1 rings (SSSR count). The van der Waals surface area contributed by atoms with Gasteiger partial charge in [-0.15, -0.1) is 0 Å². The number of benzene rings is 1. The van der Waals surface area contributed by atoms with Gasteiger partial charge in [0.2, 0.25) is 5.91 Å². The van der Waals surface area contributed by atoms with Crippen LogP contribution >= 0.6 is 0 Å². The van der Waals surface area contributed by atoms with Gasteiger partial charge in [0.15, 0.2) is 0 Å². The normalized spacial score (nSPS) is 13.2. The van der Waals surface area contributed by atoms with Crippen molar-refractivity contribution in [2.45, 2.75) is 40.2 Å². The highest BCUT2D eigenvalue weighted by atomic mass is 16.1. The van der Waals surface area contributed by atoms with Crippen molar-refractivity contribution in [3.8, 4) is 0 Å². The Balaban J connectivity index is 2.75. The average Bonchev–Trinajstić information content (AvgIpc) is 2.16. The van der Waals surface area contributed by atoms with Crippen LogP contribution in [0.5, 0.6) is 0 Å². The molecule has 0 aliphatic heterocycles. The quantitative estimate of drug-likeness (QED) is 0.832. The van der Waals surface area contributed by atoms with Crippen LogP contribution in [0.25, 0.3) is 0 Å². The summed E-state index contributed by atoms with van der Waals surface area (Å²) in [7, 11) is 0. The molecule has 1 aromatic carbocycles. The van der Waals surface area contributed by atoms with Gasteiger partial charge in [0, 0.05) is 13.0 Å². The van der Waals surface area contributed by atoms with Gasteiger partial charge in [0.25, 0.3) is 0 Å². The Kier molecular flexibility index (Phi) is 4.11. The summed E-state index contributed by atoms with van der Waals surface area (Å²) in [6.45, 7) is 8.02. The van der Waals surface area contributed by atoms with Gasteiger partial charge in [0.1, 0.15) is 0 Å². The first-order chi connectivity index (χ1) is 7.39. The van der Waals surface area contributed by atoms with E-state index in [1.165, 1.54) is 5.56 Å². The maximum Gasteiger partial charge on any atom is 0.217 e. The van der Waals surface area contributed by atoms with Crippen molar-refractivity contribution in [1.29, 1.82) is 0 Å². The van der Waals surface area contributed by atoms with Crippen molar-refractivity contribution < 1.29 is 4.79 Å². The number of carbonyl (C=O) groups is 1. The zero-order valence-corrected chi connectivity index (χ0v) is 10.6. The summed E-state index contributed by atoms with van der Waals surface area (Å²) in [4.78, 5) is 11.2. The Labute approximate surface area is 98.1 Å². The van der Waals surface area contributed by atoms with Crippen molar-refractivity contribution in [3.63, 3.8) is 0 Å². The summed E-state index contributed by atoms with van der Waals surface area (Å²) >= 11 is 0. The second kappa shape index (κ2) is 5.15. The van der Waals surface area contributed by atoms with Gasteiger partial charge >= 0.3 is 0 Å². The van der Waals surface area contributed by atoms with Crippen LogP contribution in [0, 0.1) is 5.41 Å². The largest absolute Gasteiger partial charge is 0.353 e. The summed E-state index contributed by atoms with van der Waals surface area (Å²) < 4.78 is 0. The van der Waals surface area contributed by atoms with Crippen LogP contribution < -0.4 is 5.32 Å². The molecule has 0 heterocycles. The van der Waals surface area contributed by atoms with Gasteiger partial charge in [-0.05, 0) is 17.4 Å². The molecule has 1 amide bonds. The smallest absolute Gasteiger partial charge is 0.217 e. The van der Waals surface area contributed by atoms with Gasteiger partial charge in [-0.3, -0.25) is 4.79 Å². The summed E-state index contributed by atoms with van der Waals surface area (Å²) in [5.41, 5.74) is 1.33. The Morgan fingerprint density at radius 1 is 1.25 bits per heavy atom. The fourth-order valence-corrected chi connectivity index (χ4v) is 1.67. The molecule has 0 aliphatic carbocycles. The number of hydrogen-bond donors (Lipinski definition) is 1. The summed E-state index contributed by atoms with van der Waals surface area (Å²) in [5, 5.41) is 3.03. The molecule has 88 valence electrons. The number of carbonyl (C=O) groups excluding carboxylic acids is 1. The third-order valence-electron chi connectivity index (χ3n) is 2.71. The topological polar surface area (TPSA) is 29.1 Å². The van der Waals surface area contributed by atoms with Crippen molar-refractivity contribution >= 4 is 5.91 Å². The van der Waals surface area contributed by atoms with E-state index in [2.05, 4.69) is 38.2 Å². The Bertz CT molecular complexity index is 338. The van der Waals surface area contributed by atoms with Crippen molar-refractivity contribution in [1.82, 2.24) is 5.32 Å². The van der Waals surface area contributed by atoms with Gasteiger partial charge in [0.05, 0.1) is 0 Å². The Morgan fingerprint density at radius 3 is 2.25 bits per heavy atom. The van der Waals surface area contributed by atoms with Crippen LogP contribution in [0.4, 0.5) is 0 Å². The fraction of sp³-hybridized carbons (Fsp3) is 0.500. The standard InChI is InChI=1S/C14H21NO/c1-11(16)15-13(14(2,3)4)10-12-8-6-5-7-9-12/h5-9,13H,10H2,1-4H3,(H,15,16)/t13-/m0/s1. The minimum absolute atomic E-state index is 0.0378. The molecule has 0 aromatic heterocycles.